The lowest BCUT2D eigenvalue weighted by Gasteiger charge is -2.32. The minimum atomic E-state index is -0.299. The molecule has 0 spiro atoms. The zero-order valence-electron chi connectivity index (χ0n) is 16.7. The predicted molar refractivity (Wildman–Crippen MR) is 125 cm³/mol. The fourth-order valence-corrected chi connectivity index (χ4v) is 5.56. The molecule has 0 fully saturated rings. The Labute approximate surface area is 180 Å². The molecule has 8 rings (SSSR count). The molecule has 0 saturated heterocycles. The van der Waals surface area contributed by atoms with Crippen LogP contribution in [-0.2, 0) is 0 Å². The highest BCUT2D eigenvalue weighted by atomic mass is 16.2. The van der Waals surface area contributed by atoms with Crippen LogP contribution in [0.3, 0.4) is 0 Å². The number of amides is 1. The molecule has 6 heteroatoms. The van der Waals surface area contributed by atoms with Gasteiger partial charge in [-0.15, -0.1) is 0 Å². The van der Waals surface area contributed by atoms with Crippen molar-refractivity contribution in [1.29, 1.82) is 0 Å². The molecule has 2 aromatic heterocycles. The first-order chi connectivity index (χ1) is 15.7. The molecule has 150 valence electrons. The maximum Gasteiger partial charge on any atom is 0.264 e. The van der Waals surface area contributed by atoms with Crippen LogP contribution in [0.5, 0.6) is 0 Å². The molecule has 0 bridgehead atoms. The van der Waals surface area contributed by atoms with Gasteiger partial charge in [-0.3, -0.25) is 18.9 Å². The van der Waals surface area contributed by atoms with Gasteiger partial charge in [-0.05, 0) is 42.5 Å². The number of carbonyl (C=O) groups excluding carboxylic acids is 1. The van der Waals surface area contributed by atoms with Crippen molar-refractivity contribution in [2.75, 3.05) is 10.2 Å². The first-order valence-electron chi connectivity index (χ1n) is 10.5. The van der Waals surface area contributed by atoms with E-state index in [0.29, 0.717) is 16.6 Å². The van der Waals surface area contributed by atoms with Crippen LogP contribution in [0.1, 0.15) is 22.1 Å². The Morgan fingerprint density at radius 1 is 0.812 bits per heavy atom. The predicted octanol–water partition coefficient (Wildman–Crippen LogP) is 4.68. The molecule has 1 atom stereocenters. The lowest BCUT2D eigenvalue weighted by atomic mass is 9.89. The summed E-state index contributed by atoms with van der Waals surface area (Å²) in [5.41, 5.74) is 5.51. The second-order valence-corrected chi connectivity index (χ2v) is 8.42. The normalized spacial score (nSPS) is 16.8. The maximum atomic E-state index is 13.6. The van der Waals surface area contributed by atoms with Crippen molar-refractivity contribution in [3.05, 3.63) is 94.3 Å². The second kappa shape index (κ2) is 5.23. The number of nitrogens with one attached hydrogen (secondary N) is 1. The molecule has 6 aromatic rings. The summed E-state index contributed by atoms with van der Waals surface area (Å²) in [7, 11) is 0. The smallest absolute Gasteiger partial charge is 0.264 e. The Morgan fingerprint density at radius 2 is 1.62 bits per heavy atom. The van der Waals surface area contributed by atoms with Crippen molar-refractivity contribution in [3.63, 3.8) is 0 Å². The van der Waals surface area contributed by atoms with E-state index in [4.69, 9.17) is 4.98 Å². The van der Waals surface area contributed by atoms with Gasteiger partial charge in [0, 0.05) is 32.7 Å². The summed E-state index contributed by atoms with van der Waals surface area (Å²) in [4.78, 5) is 33.8. The van der Waals surface area contributed by atoms with Gasteiger partial charge in [0.1, 0.15) is 11.8 Å². The molecule has 1 N–H and O–H groups in total. The van der Waals surface area contributed by atoms with Crippen LogP contribution in [0.25, 0.3) is 38.2 Å². The number of anilines is 2. The van der Waals surface area contributed by atoms with E-state index < -0.39 is 0 Å². The maximum absolute atomic E-state index is 13.6. The Kier molecular flexibility index (Phi) is 2.66. The number of carbonyl (C=O) groups is 1. The lowest BCUT2D eigenvalue weighted by molar-refractivity contribution is 0.0980. The number of imidazole rings is 1. The van der Waals surface area contributed by atoms with Crippen LogP contribution in [0, 0.1) is 0 Å². The molecule has 4 heterocycles. The third-order valence-electron chi connectivity index (χ3n) is 6.89. The van der Waals surface area contributed by atoms with E-state index in [1.54, 1.807) is 4.40 Å². The topological polar surface area (TPSA) is 66.7 Å². The summed E-state index contributed by atoms with van der Waals surface area (Å²) < 4.78 is 1.69. The van der Waals surface area contributed by atoms with Crippen LogP contribution < -0.4 is 15.8 Å². The summed E-state index contributed by atoms with van der Waals surface area (Å²) in [6, 6.07) is 23.2. The molecule has 0 radical (unpaired) electrons. The average Bonchev–Trinajstić information content (AvgIpc) is 3.40. The lowest BCUT2D eigenvalue weighted by Crippen LogP contribution is -2.38. The van der Waals surface area contributed by atoms with Crippen molar-refractivity contribution in [3.8, 4) is 0 Å². The number of hydrogen-bond acceptors (Lipinski definition) is 4. The molecule has 6 nitrogen and oxygen atoms in total. The van der Waals surface area contributed by atoms with Gasteiger partial charge in [-0.1, -0.05) is 30.3 Å². The molecule has 2 aliphatic rings. The summed E-state index contributed by atoms with van der Waals surface area (Å²) in [5.74, 6) is -0.0600. The molecular weight excluding hydrogens is 400 g/mol. The molecule has 1 amide bonds. The van der Waals surface area contributed by atoms with Crippen molar-refractivity contribution >= 4 is 55.5 Å². The highest BCUT2D eigenvalue weighted by Gasteiger charge is 2.41. The van der Waals surface area contributed by atoms with E-state index >= 15 is 0 Å². The van der Waals surface area contributed by atoms with E-state index in [1.807, 2.05) is 77.7 Å². The Balaban J connectivity index is 1.55. The van der Waals surface area contributed by atoms with Crippen molar-refractivity contribution < 1.29 is 4.79 Å². The Morgan fingerprint density at radius 3 is 2.56 bits per heavy atom. The van der Waals surface area contributed by atoms with Crippen molar-refractivity contribution in [1.82, 2.24) is 9.38 Å². The summed E-state index contributed by atoms with van der Waals surface area (Å²) in [6.45, 7) is 0. The fraction of sp³-hybridized carbons (Fsp3) is 0.0385. The number of fused-ring (bicyclic) bond motifs is 8. The van der Waals surface area contributed by atoms with Gasteiger partial charge in [-0.25, -0.2) is 4.98 Å². The number of pyridine rings is 1. The third-order valence-corrected chi connectivity index (χ3v) is 6.89. The van der Waals surface area contributed by atoms with Gasteiger partial charge in [0.15, 0.2) is 0 Å². The van der Waals surface area contributed by atoms with Crippen LogP contribution >= 0.6 is 0 Å². The monoisotopic (exact) mass is 414 g/mol. The highest BCUT2D eigenvalue weighted by Crippen LogP contribution is 2.48. The number of nitrogens with zero attached hydrogens (tertiary/aromatic N) is 3. The molecule has 4 aromatic carbocycles. The fourth-order valence-electron chi connectivity index (χ4n) is 5.56. The number of rotatable bonds is 0. The summed E-state index contributed by atoms with van der Waals surface area (Å²) in [5, 5.41) is 6.64. The average molecular weight is 414 g/mol. The van der Waals surface area contributed by atoms with Crippen LogP contribution in [0.4, 0.5) is 11.4 Å². The summed E-state index contributed by atoms with van der Waals surface area (Å²) in [6.07, 6.45) is -0.299. The highest BCUT2D eigenvalue weighted by molar-refractivity contribution is 6.27. The minimum absolute atomic E-state index is 0.0600. The van der Waals surface area contributed by atoms with Gasteiger partial charge in [0.25, 0.3) is 11.5 Å². The van der Waals surface area contributed by atoms with Gasteiger partial charge in [0.05, 0.1) is 22.4 Å². The van der Waals surface area contributed by atoms with E-state index in [1.165, 1.54) is 0 Å². The second-order valence-electron chi connectivity index (χ2n) is 8.42. The molecule has 32 heavy (non-hydrogen) atoms. The molecular formula is C26H14N4O2. The first-order valence-corrected chi connectivity index (χ1v) is 10.5. The number of hydrogen-bond donors (Lipinski definition) is 1. The van der Waals surface area contributed by atoms with Gasteiger partial charge < -0.3 is 5.32 Å². The molecule has 1 unspecified atom stereocenters. The largest absolute Gasteiger partial charge is 0.359 e. The quantitative estimate of drug-likeness (QED) is 0.392. The van der Waals surface area contributed by atoms with E-state index in [-0.39, 0.29) is 17.6 Å². The number of aromatic nitrogens is 2. The molecule has 0 aliphatic carbocycles. The van der Waals surface area contributed by atoms with Crippen molar-refractivity contribution in [2.24, 2.45) is 0 Å². The van der Waals surface area contributed by atoms with Gasteiger partial charge >= 0.3 is 0 Å². The zero-order valence-corrected chi connectivity index (χ0v) is 16.7. The van der Waals surface area contributed by atoms with Gasteiger partial charge in [0.2, 0.25) is 0 Å². The van der Waals surface area contributed by atoms with Crippen LogP contribution in [0.15, 0.2) is 77.6 Å². The Hall–Kier alpha value is -4.45. The van der Waals surface area contributed by atoms with Crippen molar-refractivity contribution in [2.45, 2.75) is 6.17 Å². The van der Waals surface area contributed by atoms with Crippen LogP contribution in [-0.4, -0.2) is 15.3 Å². The number of para-hydroxylation sites is 4. The third kappa shape index (κ3) is 1.69. The SMILES string of the molecule is O=C1c2ccc3c4c2c(ccc4c(=O)n2c4ccccc4nc32)C2Nc3ccccc3N12. The minimum Gasteiger partial charge on any atom is -0.359 e. The first kappa shape index (κ1) is 16.3. The van der Waals surface area contributed by atoms with Crippen LogP contribution in [0.2, 0.25) is 0 Å². The zero-order chi connectivity index (χ0) is 21.1. The summed E-state index contributed by atoms with van der Waals surface area (Å²) >= 11 is 0. The van der Waals surface area contributed by atoms with E-state index in [2.05, 4.69) is 5.32 Å². The molecule has 2 aliphatic heterocycles. The van der Waals surface area contributed by atoms with Gasteiger partial charge in [-0.2, -0.15) is 0 Å². The molecule has 0 saturated carbocycles. The van der Waals surface area contributed by atoms with E-state index in [9.17, 15) is 9.59 Å². The standard InChI is InChI=1S/C26H14N4O2/c31-25-15-12-10-14-22-16(26(32)30-20-8-4-2-6-18(20)28-24(14)30)11-9-13(21(15)22)23-27-17-5-1-3-7-19(17)29(23)25/h1-12,23,27H. The Bertz CT molecular complexity index is 1870. The van der Waals surface area contributed by atoms with E-state index in [0.717, 1.165) is 44.1 Å². The number of benzene rings is 4.